The van der Waals surface area contributed by atoms with Gasteiger partial charge in [0.1, 0.15) is 5.82 Å². The lowest BCUT2D eigenvalue weighted by molar-refractivity contribution is -0.117. The first-order valence-electron chi connectivity index (χ1n) is 7.84. The molecule has 0 unspecified atom stereocenters. The Bertz CT molecular complexity index is 671. The van der Waals surface area contributed by atoms with Crippen LogP contribution in [0, 0.1) is 11.7 Å². The zero-order valence-electron chi connectivity index (χ0n) is 13.1. The van der Waals surface area contributed by atoms with E-state index < -0.39 is 0 Å². The summed E-state index contributed by atoms with van der Waals surface area (Å²) in [5, 5.41) is 5.31. The third-order valence-electron chi connectivity index (χ3n) is 4.00. The molecule has 1 N–H and O–H groups in total. The maximum atomic E-state index is 13.0. The van der Waals surface area contributed by atoms with E-state index in [0.29, 0.717) is 17.6 Å². The van der Waals surface area contributed by atoms with Crippen molar-refractivity contribution in [3.05, 3.63) is 35.5 Å². The highest BCUT2D eigenvalue weighted by molar-refractivity contribution is 7.14. The Labute approximate surface area is 139 Å². The second kappa shape index (κ2) is 7.19. The third-order valence-corrected chi connectivity index (χ3v) is 4.76. The quantitative estimate of drug-likeness (QED) is 0.929. The molecule has 2 heterocycles. The standard InChI is InChI=1S/C17H20FN3OS/c1-12-3-2-8-21(9-12)10-16(22)20-17-19-15(11-23-17)13-4-6-14(18)7-5-13/h4-7,11-12H,2-3,8-10H2,1H3,(H,19,20,22)/t12-/m1/s1. The number of thiazole rings is 1. The van der Waals surface area contributed by atoms with Gasteiger partial charge in [0.25, 0.3) is 0 Å². The second-order valence-electron chi connectivity index (χ2n) is 6.08. The maximum absolute atomic E-state index is 13.0. The van der Waals surface area contributed by atoms with E-state index >= 15 is 0 Å². The van der Waals surface area contributed by atoms with Crippen molar-refractivity contribution in [2.75, 3.05) is 25.0 Å². The minimum absolute atomic E-state index is 0.0286. The Morgan fingerprint density at radius 3 is 2.96 bits per heavy atom. The molecule has 0 saturated carbocycles. The first-order chi connectivity index (χ1) is 11.1. The molecule has 4 nitrogen and oxygen atoms in total. The number of piperidine rings is 1. The summed E-state index contributed by atoms with van der Waals surface area (Å²) in [6.45, 7) is 4.60. The van der Waals surface area contributed by atoms with Gasteiger partial charge in [-0.05, 0) is 49.6 Å². The van der Waals surface area contributed by atoms with Crippen LogP contribution in [0.25, 0.3) is 11.3 Å². The van der Waals surface area contributed by atoms with Crippen molar-refractivity contribution in [2.24, 2.45) is 5.92 Å². The zero-order chi connectivity index (χ0) is 16.2. The lowest BCUT2D eigenvalue weighted by atomic mass is 10.0. The molecule has 1 saturated heterocycles. The van der Waals surface area contributed by atoms with E-state index in [1.807, 2.05) is 5.38 Å². The molecule has 0 bridgehead atoms. The smallest absolute Gasteiger partial charge is 0.240 e. The Hall–Kier alpha value is -1.79. The summed E-state index contributed by atoms with van der Waals surface area (Å²) in [7, 11) is 0. The third kappa shape index (κ3) is 4.36. The van der Waals surface area contributed by atoms with Crippen LogP contribution in [0.5, 0.6) is 0 Å². The molecule has 3 rings (SSSR count). The van der Waals surface area contributed by atoms with E-state index in [-0.39, 0.29) is 11.7 Å². The van der Waals surface area contributed by atoms with Crippen molar-refractivity contribution in [2.45, 2.75) is 19.8 Å². The van der Waals surface area contributed by atoms with E-state index in [4.69, 9.17) is 0 Å². The Morgan fingerprint density at radius 2 is 2.22 bits per heavy atom. The van der Waals surface area contributed by atoms with Crippen molar-refractivity contribution in [1.82, 2.24) is 9.88 Å². The molecule has 122 valence electrons. The first-order valence-corrected chi connectivity index (χ1v) is 8.72. The minimum Gasteiger partial charge on any atom is -0.301 e. The molecule has 1 aliphatic rings. The second-order valence-corrected chi connectivity index (χ2v) is 6.93. The molecular formula is C17H20FN3OS. The van der Waals surface area contributed by atoms with E-state index in [2.05, 4.69) is 22.1 Å². The molecule has 6 heteroatoms. The maximum Gasteiger partial charge on any atom is 0.240 e. The highest BCUT2D eigenvalue weighted by Gasteiger charge is 2.19. The molecule has 0 aliphatic carbocycles. The van der Waals surface area contributed by atoms with Crippen molar-refractivity contribution in [3.8, 4) is 11.3 Å². The summed E-state index contributed by atoms with van der Waals surface area (Å²) in [6.07, 6.45) is 2.39. The molecule has 1 aliphatic heterocycles. The number of carbonyl (C=O) groups is 1. The molecule has 23 heavy (non-hydrogen) atoms. The van der Waals surface area contributed by atoms with Crippen LogP contribution in [0.2, 0.25) is 0 Å². The van der Waals surface area contributed by atoms with Gasteiger partial charge in [-0.3, -0.25) is 9.69 Å². The van der Waals surface area contributed by atoms with Crippen LogP contribution < -0.4 is 5.32 Å². The zero-order valence-corrected chi connectivity index (χ0v) is 13.9. The summed E-state index contributed by atoms with van der Waals surface area (Å²) >= 11 is 1.38. The van der Waals surface area contributed by atoms with Crippen LogP contribution in [-0.4, -0.2) is 35.4 Å². The fourth-order valence-corrected chi connectivity index (χ4v) is 3.61. The summed E-state index contributed by atoms with van der Waals surface area (Å²) in [5.41, 5.74) is 1.59. The van der Waals surface area contributed by atoms with Gasteiger partial charge in [0, 0.05) is 17.5 Å². The lowest BCUT2D eigenvalue weighted by Gasteiger charge is -2.29. The van der Waals surface area contributed by atoms with Gasteiger partial charge < -0.3 is 5.32 Å². The highest BCUT2D eigenvalue weighted by Crippen LogP contribution is 2.25. The van der Waals surface area contributed by atoms with Gasteiger partial charge in [-0.25, -0.2) is 9.37 Å². The molecule has 1 atom stereocenters. The summed E-state index contributed by atoms with van der Waals surface area (Å²) in [6, 6.07) is 6.19. The number of carbonyl (C=O) groups excluding carboxylic acids is 1. The Balaban J connectivity index is 1.58. The van der Waals surface area contributed by atoms with Gasteiger partial charge in [0.2, 0.25) is 5.91 Å². The van der Waals surface area contributed by atoms with Crippen LogP contribution in [-0.2, 0) is 4.79 Å². The molecule has 1 amide bonds. The minimum atomic E-state index is -0.270. The number of nitrogens with zero attached hydrogens (tertiary/aromatic N) is 2. The number of likely N-dealkylation sites (tertiary alicyclic amines) is 1. The van der Waals surface area contributed by atoms with Crippen molar-refractivity contribution >= 4 is 22.4 Å². The number of nitrogens with one attached hydrogen (secondary N) is 1. The fourth-order valence-electron chi connectivity index (χ4n) is 2.88. The normalized spacial score (nSPS) is 18.8. The monoisotopic (exact) mass is 333 g/mol. The van der Waals surface area contributed by atoms with Crippen LogP contribution in [0.15, 0.2) is 29.6 Å². The fraction of sp³-hybridized carbons (Fsp3) is 0.412. The molecule has 0 radical (unpaired) electrons. The van der Waals surface area contributed by atoms with Crippen molar-refractivity contribution in [3.63, 3.8) is 0 Å². The van der Waals surface area contributed by atoms with Gasteiger partial charge in [0.15, 0.2) is 5.13 Å². The average molecular weight is 333 g/mol. The topological polar surface area (TPSA) is 45.2 Å². The van der Waals surface area contributed by atoms with Crippen LogP contribution in [0.1, 0.15) is 19.8 Å². The van der Waals surface area contributed by atoms with E-state index in [1.54, 1.807) is 12.1 Å². The summed E-state index contributed by atoms with van der Waals surface area (Å²) in [5.74, 6) is 0.355. The predicted molar refractivity (Wildman–Crippen MR) is 91.0 cm³/mol. The molecule has 1 aromatic carbocycles. The number of hydrogen-bond donors (Lipinski definition) is 1. The lowest BCUT2D eigenvalue weighted by Crippen LogP contribution is -2.39. The van der Waals surface area contributed by atoms with Crippen LogP contribution in [0.4, 0.5) is 9.52 Å². The van der Waals surface area contributed by atoms with E-state index in [1.165, 1.54) is 29.9 Å². The van der Waals surface area contributed by atoms with Gasteiger partial charge in [-0.1, -0.05) is 6.92 Å². The molecule has 0 spiro atoms. The number of hydrogen-bond acceptors (Lipinski definition) is 4. The van der Waals surface area contributed by atoms with Gasteiger partial charge in [-0.15, -0.1) is 11.3 Å². The molecule has 2 aromatic rings. The molecule has 1 aromatic heterocycles. The van der Waals surface area contributed by atoms with Crippen molar-refractivity contribution in [1.29, 1.82) is 0 Å². The number of anilines is 1. The number of aromatic nitrogens is 1. The Morgan fingerprint density at radius 1 is 1.43 bits per heavy atom. The SMILES string of the molecule is C[C@@H]1CCCN(CC(=O)Nc2nc(-c3ccc(F)cc3)cs2)C1. The van der Waals surface area contributed by atoms with E-state index in [9.17, 15) is 9.18 Å². The summed E-state index contributed by atoms with van der Waals surface area (Å²) in [4.78, 5) is 18.7. The van der Waals surface area contributed by atoms with Crippen molar-refractivity contribution < 1.29 is 9.18 Å². The number of amides is 1. The number of halogens is 1. The first kappa shape index (κ1) is 16.1. The largest absolute Gasteiger partial charge is 0.301 e. The van der Waals surface area contributed by atoms with Gasteiger partial charge in [-0.2, -0.15) is 0 Å². The van der Waals surface area contributed by atoms with Crippen LogP contribution >= 0.6 is 11.3 Å². The predicted octanol–water partition coefficient (Wildman–Crippen LogP) is 3.62. The van der Waals surface area contributed by atoms with Gasteiger partial charge in [0.05, 0.1) is 12.2 Å². The number of rotatable bonds is 4. The van der Waals surface area contributed by atoms with Gasteiger partial charge >= 0.3 is 0 Å². The molecule has 1 fully saturated rings. The summed E-state index contributed by atoms with van der Waals surface area (Å²) < 4.78 is 13.0. The van der Waals surface area contributed by atoms with Crippen LogP contribution in [0.3, 0.4) is 0 Å². The average Bonchev–Trinajstić information content (AvgIpc) is 2.96. The Kier molecular flexibility index (Phi) is 5.03. The number of benzene rings is 1. The molecular weight excluding hydrogens is 313 g/mol. The highest BCUT2D eigenvalue weighted by atomic mass is 32.1. The van der Waals surface area contributed by atoms with E-state index in [0.717, 1.165) is 30.8 Å².